The highest BCUT2D eigenvalue weighted by molar-refractivity contribution is 5.85. The normalized spacial score (nSPS) is 26.6. The Morgan fingerprint density at radius 3 is 2.34 bits per heavy atom. The molecule has 0 aromatic heterocycles. The lowest BCUT2D eigenvalue weighted by molar-refractivity contribution is 0.633. The van der Waals surface area contributed by atoms with Gasteiger partial charge >= 0.3 is 0 Å². The Morgan fingerprint density at radius 1 is 0.610 bits per heavy atom. The molecule has 0 N–H and O–H groups in total. The smallest absolute Gasteiger partial charge is 0.0629 e. The minimum Gasteiger partial charge on any atom is -0.334 e. The maximum Gasteiger partial charge on any atom is 0.0629 e. The standard InChI is InChI=1S/C57H52N2/c1-57(2)51-22-12-9-19-45(51)48-36-43(27-28-52(48)57)58-53-23-13-10-20-46(53)49-34-39(25-29-55(49)58)40-26-30-56-50(35-40)47-21-11-14-24-54(47)59(56)44-32-41(37-15-5-3-6-16-37)31-42(33-44)38-17-7-4-8-18-38/h3,5-6,9,11-17,19,21-25,27-36,40,47,49,54-55H,4,7-8,10,18,20,26H2,1-2H3. The van der Waals surface area contributed by atoms with E-state index in [0.717, 1.165) is 19.3 Å². The van der Waals surface area contributed by atoms with Crippen molar-refractivity contribution in [1.29, 1.82) is 0 Å². The van der Waals surface area contributed by atoms with Gasteiger partial charge < -0.3 is 9.80 Å². The number of hydrogen-bond acceptors (Lipinski definition) is 2. The quantitative estimate of drug-likeness (QED) is 0.200. The predicted molar refractivity (Wildman–Crippen MR) is 247 cm³/mol. The first-order valence-corrected chi connectivity index (χ1v) is 22.3. The number of allylic oxidation sites excluding steroid dienone is 11. The monoisotopic (exact) mass is 764 g/mol. The third kappa shape index (κ3) is 5.52. The van der Waals surface area contributed by atoms with Gasteiger partial charge in [0.2, 0.25) is 0 Å². The molecule has 0 radical (unpaired) electrons. The van der Waals surface area contributed by atoms with Crippen LogP contribution >= 0.6 is 0 Å². The molecular weight excluding hydrogens is 713 g/mol. The fourth-order valence-corrected chi connectivity index (χ4v) is 12.0. The number of nitrogens with zero attached hydrogens (tertiary/aromatic N) is 2. The average molecular weight is 765 g/mol. The van der Waals surface area contributed by atoms with Crippen LogP contribution in [0.3, 0.4) is 0 Å². The first-order chi connectivity index (χ1) is 29.0. The molecule has 4 aromatic rings. The van der Waals surface area contributed by atoms with E-state index >= 15 is 0 Å². The van der Waals surface area contributed by atoms with E-state index in [4.69, 9.17) is 0 Å². The molecule has 1 fully saturated rings. The van der Waals surface area contributed by atoms with Crippen LogP contribution in [0.4, 0.5) is 11.4 Å². The van der Waals surface area contributed by atoms with Crippen LogP contribution < -0.4 is 9.80 Å². The van der Waals surface area contributed by atoms with Crippen molar-refractivity contribution in [1.82, 2.24) is 0 Å². The molecule has 290 valence electrons. The Morgan fingerprint density at radius 2 is 1.44 bits per heavy atom. The lowest BCUT2D eigenvalue weighted by Crippen LogP contribution is -2.33. The van der Waals surface area contributed by atoms with Crippen molar-refractivity contribution in [2.45, 2.75) is 76.3 Å². The fraction of sp³-hybridized carbons (Fsp3) is 0.263. The second kappa shape index (κ2) is 13.6. The largest absolute Gasteiger partial charge is 0.334 e. The zero-order valence-electron chi connectivity index (χ0n) is 34.3. The van der Waals surface area contributed by atoms with Gasteiger partial charge in [0.25, 0.3) is 0 Å². The van der Waals surface area contributed by atoms with E-state index < -0.39 is 0 Å². The summed E-state index contributed by atoms with van der Waals surface area (Å²) in [6.07, 6.45) is 37.8. The van der Waals surface area contributed by atoms with Crippen LogP contribution in [0.15, 0.2) is 192 Å². The van der Waals surface area contributed by atoms with Crippen LogP contribution in [0, 0.1) is 17.8 Å². The summed E-state index contributed by atoms with van der Waals surface area (Å²) in [6.45, 7) is 4.76. The van der Waals surface area contributed by atoms with Gasteiger partial charge in [0.1, 0.15) is 0 Å². The molecule has 2 aliphatic heterocycles. The number of rotatable bonds is 5. The second-order valence-electron chi connectivity index (χ2n) is 18.5. The molecule has 5 atom stereocenters. The molecule has 2 heteroatoms. The summed E-state index contributed by atoms with van der Waals surface area (Å²) in [4.78, 5) is 5.33. The molecule has 0 bridgehead atoms. The number of anilines is 2. The SMILES string of the molecule is CC1(C)c2ccccc2-c2cc(N3C4=C(CCC=C4)C4C=C(C5C=C6C(=CC5)N(c5cc(C7=CCCCC7)cc(-c7ccccc7)c5)C5C=CC=CC65)C=CC43)ccc21. The average Bonchev–Trinajstić information content (AvgIpc) is 3.89. The van der Waals surface area contributed by atoms with E-state index in [1.165, 1.54) is 104 Å². The van der Waals surface area contributed by atoms with Crippen molar-refractivity contribution in [3.8, 4) is 22.3 Å². The van der Waals surface area contributed by atoms with Gasteiger partial charge in [0.15, 0.2) is 0 Å². The van der Waals surface area contributed by atoms with Gasteiger partial charge in [-0.25, -0.2) is 0 Å². The Hall–Kier alpha value is -5.86. The highest BCUT2D eigenvalue weighted by atomic mass is 15.2. The van der Waals surface area contributed by atoms with Gasteiger partial charge in [0, 0.05) is 45.9 Å². The molecule has 2 heterocycles. The molecule has 0 spiro atoms. The second-order valence-corrected chi connectivity index (χ2v) is 18.5. The Bertz CT molecular complexity index is 2700. The summed E-state index contributed by atoms with van der Waals surface area (Å²) < 4.78 is 0. The molecule has 4 aromatic carbocycles. The van der Waals surface area contributed by atoms with Crippen LogP contribution in [-0.2, 0) is 5.41 Å². The van der Waals surface area contributed by atoms with Crippen molar-refractivity contribution >= 4 is 16.9 Å². The van der Waals surface area contributed by atoms with E-state index in [1.807, 2.05) is 0 Å². The Kier molecular flexibility index (Phi) is 8.09. The van der Waals surface area contributed by atoms with Crippen molar-refractivity contribution in [2.24, 2.45) is 17.8 Å². The maximum atomic E-state index is 2.67. The summed E-state index contributed by atoms with van der Waals surface area (Å²) in [5, 5.41) is 0. The highest BCUT2D eigenvalue weighted by Gasteiger charge is 2.44. The summed E-state index contributed by atoms with van der Waals surface area (Å²) in [5.74, 6) is 1.08. The molecule has 6 aliphatic carbocycles. The lowest BCUT2D eigenvalue weighted by atomic mass is 9.78. The van der Waals surface area contributed by atoms with Crippen molar-refractivity contribution < 1.29 is 0 Å². The van der Waals surface area contributed by atoms with Crippen LogP contribution in [-0.4, -0.2) is 12.1 Å². The van der Waals surface area contributed by atoms with Crippen LogP contribution in [0.25, 0.3) is 27.8 Å². The van der Waals surface area contributed by atoms with E-state index in [1.54, 1.807) is 5.57 Å². The minimum atomic E-state index is 0.0142. The third-order valence-electron chi connectivity index (χ3n) is 14.9. The van der Waals surface area contributed by atoms with E-state index in [-0.39, 0.29) is 11.5 Å². The zero-order valence-corrected chi connectivity index (χ0v) is 34.3. The maximum absolute atomic E-state index is 2.67. The molecule has 8 aliphatic rings. The Balaban J connectivity index is 0.886. The summed E-state index contributed by atoms with van der Waals surface area (Å²) >= 11 is 0. The predicted octanol–water partition coefficient (Wildman–Crippen LogP) is 14.0. The van der Waals surface area contributed by atoms with Crippen molar-refractivity contribution in [3.63, 3.8) is 0 Å². The lowest BCUT2D eigenvalue weighted by Gasteiger charge is -2.33. The number of benzene rings is 4. The molecule has 59 heavy (non-hydrogen) atoms. The number of hydrogen-bond donors (Lipinski definition) is 0. The summed E-state index contributed by atoms with van der Waals surface area (Å²) in [6, 6.07) is 35.2. The topological polar surface area (TPSA) is 6.48 Å². The molecule has 0 amide bonds. The van der Waals surface area contributed by atoms with Crippen LogP contribution in [0.2, 0.25) is 0 Å². The van der Waals surface area contributed by atoms with E-state index in [9.17, 15) is 0 Å². The van der Waals surface area contributed by atoms with Gasteiger partial charge in [-0.2, -0.15) is 0 Å². The molecular formula is C57H52N2. The first-order valence-electron chi connectivity index (χ1n) is 22.3. The highest BCUT2D eigenvalue weighted by Crippen LogP contribution is 2.53. The Labute approximate surface area is 350 Å². The summed E-state index contributed by atoms with van der Waals surface area (Å²) in [7, 11) is 0. The molecule has 0 saturated carbocycles. The summed E-state index contributed by atoms with van der Waals surface area (Å²) in [5.41, 5.74) is 21.2. The van der Waals surface area contributed by atoms with Crippen LogP contribution in [0.1, 0.15) is 75.5 Å². The van der Waals surface area contributed by atoms with Gasteiger partial charge in [-0.1, -0.05) is 141 Å². The minimum absolute atomic E-state index is 0.0142. The molecule has 12 rings (SSSR count). The molecule has 2 nitrogen and oxygen atoms in total. The molecule has 5 unspecified atom stereocenters. The van der Waals surface area contributed by atoms with Crippen LogP contribution in [0.5, 0.6) is 0 Å². The third-order valence-corrected chi connectivity index (χ3v) is 14.9. The number of fused-ring (bicyclic) bond motifs is 8. The zero-order chi connectivity index (χ0) is 39.2. The van der Waals surface area contributed by atoms with Gasteiger partial charge in [-0.15, -0.1) is 0 Å². The van der Waals surface area contributed by atoms with Crippen molar-refractivity contribution in [3.05, 3.63) is 209 Å². The first kappa shape index (κ1) is 35.1. The van der Waals surface area contributed by atoms with Gasteiger partial charge in [-0.3, -0.25) is 0 Å². The van der Waals surface area contributed by atoms with Crippen molar-refractivity contribution in [2.75, 3.05) is 9.80 Å². The van der Waals surface area contributed by atoms with E-state index in [2.05, 4.69) is 188 Å². The van der Waals surface area contributed by atoms with Gasteiger partial charge in [0.05, 0.1) is 12.1 Å². The fourth-order valence-electron chi connectivity index (χ4n) is 12.0. The molecule has 1 saturated heterocycles. The van der Waals surface area contributed by atoms with Gasteiger partial charge in [-0.05, 0) is 143 Å². The van der Waals surface area contributed by atoms with E-state index in [0.29, 0.717) is 23.8 Å².